The van der Waals surface area contributed by atoms with Gasteiger partial charge in [0.2, 0.25) is 0 Å². The number of hydrogen-bond acceptors (Lipinski definition) is 5. The van der Waals surface area contributed by atoms with Crippen LogP contribution in [0.2, 0.25) is 18.1 Å². The lowest BCUT2D eigenvalue weighted by atomic mass is 10.0. The highest BCUT2D eigenvalue weighted by atomic mass is 32.2. The molecular formula is C19H38O3S2Si. The Balaban J connectivity index is 2.05. The summed E-state index contributed by atoms with van der Waals surface area (Å²) < 4.78 is 12.5. The lowest BCUT2D eigenvalue weighted by Gasteiger charge is -2.42. The van der Waals surface area contributed by atoms with Crippen molar-refractivity contribution >= 4 is 31.8 Å². The van der Waals surface area contributed by atoms with Crippen LogP contribution in [0, 0.1) is 0 Å². The van der Waals surface area contributed by atoms with Gasteiger partial charge in [0.05, 0.1) is 12.7 Å². The third-order valence-electron chi connectivity index (χ3n) is 5.97. The molecule has 25 heavy (non-hydrogen) atoms. The fourth-order valence-corrected chi connectivity index (χ4v) is 7.91. The maximum atomic E-state index is 11.4. The maximum absolute atomic E-state index is 11.4. The minimum Gasteiger partial charge on any atom is -0.414 e. The highest BCUT2D eigenvalue weighted by molar-refractivity contribution is 8.18. The van der Waals surface area contributed by atoms with Crippen molar-refractivity contribution in [2.24, 2.45) is 0 Å². The fraction of sp³-hybridized carbons (Fsp3) is 1.00. The van der Waals surface area contributed by atoms with E-state index in [4.69, 9.17) is 9.16 Å². The molecule has 3 nitrogen and oxygen atoms in total. The molecular weight excluding hydrogens is 368 g/mol. The summed E-state index contributed by atoms with van der Waals surface area (Å²) in [6.07, 6.45) is 6.25. The van der Waals surface area contributed by atoms with E-state index in [0.29, 0.717) is 6.61 Å². The molecule has 0 bridgehead atoms. The minimum absolute atomic E-state index is 0.0128. The Morgan fingerprint density at radius 3 is 2.40 bits per heavy atom. The highest BCUT2D eigenvalue weighted by Crippen LogP contribution is 2.59. The van der Waals surface area contributed by atoms with Gasteiger partial charge in [-0.3, -0.25) is 0 Å². The van der Waals surface area contributed by atoms with Gasteiger partial charge in [-0.2, -0.15) is 0 Å². The Bertz CT molecular complexity index is 433. The van der Waals surface area contributed by atoms with Crippen molar-refractivity contribution in [1.29, 1.82) is 0 Å². The smallest absolute Gasteiger partial charge is 0.192 e. The van der Waals surface area contributed by atoms with E-state index in [1.807, 2.05) is 23.5 Å². The first-order valence-corrected chi connectivity index (χ1v) is 14.8. The van der Waals surface area contributed by atoms with E-state index in [1.165, 1.54) is 12.8 Å². The number of hydrogen-bond donors (Lipinski definition) is 1. The van der Waals surface area contributed by atoms with Crippen LogP contribution >= 0.6 is 23.5 Å². The van der Waals surface area contributed by atoms with Crippen LogP contribution in [0.4, 0.5) is 0 Å². The first-order chi connectivity index (χ1) is 11.6. The van der Waals surface area contributed by atoms with Crippen LogP contribution in [-0.4, -0.2) is 47.5 Å². The Hall–Kier alpha value is 0.797. The van der Waals surface area contributed by atoms with Crippen LogP contribution in [0.3, 0.4) is 0 Å². The van der Waals surface area contributed by atoms with Gasteiger partial charge in [0.15, 0.2) is 14.1 Å². The standard InChI is InChI=1S/C19H38O3S2Si/c1-7-8-9-11-18(20)19(23-12-10-13-24-19)14-16(22-18)15-21-25(5,6)17(2,3)4/h16,20H,7-15H2,1-6H3/t16-,18?/m0/s1. The SMILES string of the molecule is CCCCCC1(O)O[C@H](CO[Si](C)(C)C(C)(C)C)CC12SCCCS2. The number of rotatable bonds is 7. The van der Waals surface area contributed by atoms with Crippen LogP contribution < -0.4 is 0 Å². The first-order valence-electron chi connectivity index (χ1n) is 9.87. The Kier molecular flexibility index (Phi) is 7.45. The van der Waals surface area contributed by atoms with Gasteiger partial charge >= 0.3 is 0 Å². The zero-order valence-electron chi connectivity index (χ0n) is 17.0. The largest absolute Gasteiger partial charge is 0.414 e. The summed E-state index contributed by atoms with van der Waals surface area (Å²) in [5.41, 5.74) is 0. The average Bonchev–Trinajstić information content (AvgIpc) is 2.78. The Labute approximate surface area is 164 Å². The van der Waals surface area contributed by atoms with Gasteiger partial charge in [-0.25, -0.2) is 0 Å². The van der Waals surface area contributed by atoms with Gasteiger partial charge in [0.1, 0.15) is 4.08 Å². The van der Waals surface area contributed by atoms with Crippen molar-refractivity contribution in [3.8, 4) is 0 Å². The third kappa shape index (κ3) is 4.99. The van der Waals surface area contributed by atoms with Gasteiger partial charge in [0.25, 0.3) is 0 Å². The van der Waals surface area contributed by atoms with Gasteiger partial charge in [-0.05, 0) is 42.5 Å². The molecule has 2 rings (SSSR count). The summed E-state index contributed by atoms with van der Waals surface area (Å²) in [7, 11) is -1.79. The molecule has 2 atom stereocenters. The molecule has 148 valence electrons. The highest BCUT2D eigenvalue weighted by Gasteiger charge is 2.60. The normalized spacial score (nSPS) is 30.1. The molecule has 2 aliphatic heterocycles. The molecule has 1 spiro atoms. The number of aliphatic hydroxyl groups is 1. The molecule has 0 aromatic carbocycles. The zero-order chi connectivity index (χ0) is 18.8. The molecule has 6 heteroatoms. The van der Waals surface area contributed by atoms with Crippen LogP contribution in [-0.2, 0) is 9.16 Å². The Morgan fingerprint density at radius 1 is 1.20 bits per heavy atom. The van der Waals surface area contributed by atoms with E-state index in [1.54, 1.807) is 0 Å². The van der Waals surface area contributed by atoms with Crippen LogP contribution in [0.5, 0.6) is 0 Å². The number of unbranched alkanes of at least 4 members (excludes halogenated alkanes) is 2. The molecule has 1 unspecified atom stereocenters. The van der Waals surface area contributed by atoms with Crippen LogP contribution in [0.1, 0.15) is 66.2 Å². The molecule has 2 saturated heterocycles. The van der Waals surface area contributed by atoms with E-state index in [2.05, 4.69) is 40.8 Å². The summed E-state index contributed by atoms with van der Waals surface area (Å²) in [5.74, 6) is 1.25. The van der Waals surface area contributed by atoms with Crippen molar-refractivity contribution in [1.82, 2.24) is 0 Å². The van der Waals surface area contributed by atoms with E-state index >= 15 is 0 Å². The zero-order valence-corrected chi connectivity index (χ0v) is 19.7. The number of thioether (sulfide) groups is 2. The second-order valence-corrected chi connectivity index (χ2v) is 16.9. The monoisotopic (exact) mass is 406 g/mol. The predicted octanol–water partition coefficient (Wildman–Crippen LogP) is 5.63. The van der Waals surface area contributed by atoms with Crippen LogP contribution in [0.15, 0.2) is 0 Å². The first kappa shape index (κ1) is 22.1. The molecule has 0 aliphatic carbocycles. The van der Waals surface area contributed by atoms with E-state index in [9.17, 15) is 5.11 Å². The maximum Gasteiger partial charge on any atom is 0.192 e. The molecule has 0 saturated carbocycles. The Morgan fingerprint density at radius 2 is 1.84 bits per heavy atom. The van der Waals surface area contributed by atoms with Gasteiger partial charge < -0.3 is 14.3 Å². The molecule has 2 heterocycles. The van der Waals surface area contributed by atoms with Crippen LogP contribution in [0.25, 0.3) is 0 Å². The topological polar surface area (TPSA) is 38.7 Å². The fourth-order valence-electron chi connectivity index (χ4n) is 3.26. The molecule has 0 aromatic rings. The van der Waals surface area contributed by atoms with Gasteiger partial charge in [-0.15, -0.1) is 23.5 Å². The summed E-state index contributed by atoms with van der Waals surface area (Å²) in [5, 5.41) is 11.6. The minimum atomic E-state index is -1.79. The third-order valence-corrected chi connectivity index (χ3v) is 14.1. The second kappa shape index (κ2) is 8.44. The lowest BCUT2D eigenvalue weighted by molar-refractivity contribution is -0.202. The van der Waals surface area contributed by atoms with Crippen molar-refractivity contribution in [2.45, 2.75) is 100 Å². The summed E-state index contributed by atoms with van der Waals surface area (Å²) in [6.45, 7) is 14.2. The average molecular weight is 407 g/mol. The van der Waals surface area contributed by atoms with Gasteiger partial charge in [0, 0.05) is 12.8 Å². The second-order valence-electron chi connectivity index (χ2n) is 9.06. The van der Waals surface area contributed by atoms with E-state index in [0.717, 1.165) is 37.2 Å². The molecule has 0 radical (unpaired) electrons. The molecule has 2 aliphatic rings. The summed E-state index contributed by atoms with van der Waals surface area (Å²) >= 11 is 3.85. The molecule has 0 amide bonds. The lowest BCUT2D eigenvalue weighted by Crippen LogP contribution is -2.47. The predicted molar refractivity (Wildman–Crippen MR) is 114 cm³/mol. The van der Waals surface area contributed by atoms with Crippen molar-refractivity contribution in [3.63, 3.8) is 0 Å². The summed E-state index contributed by atoms with van der Waals surface area (Å²) in [4.78, 5) is 0. The number of ether oxygens (including phenoxy) is 1. The van der Waals surface area contributed by atoms with E-state index < -0.39 is 14.1 Å². The molecule has 0 aromatic heterocycles. The van der Waals surface area contributed by atoms with Crippen molar-refractivity contribution < 1.29 is 14.3 Å². The van der Waals surface area contributed by atoms with Gasteiger partial charge in [-0.1, -0.05) is 40.5 Å². The van der Waals surface area contributed by atoms with Crippen molar-refractivity contribution in [2.75, 3.05) is 18.1 Å². The molecule has 1 N–H and O–H groups in total. The summed E-state index contributed by atoms with van der Waals surface area (Å²) in [6, 6.07) is 0. The van der Waals surface area contributed by atoms with E-state index in [-0.39, 0.29) is 15.2 Å². The quantitative estimate of drug-likeness (QED) is 0.438. The molecule has 2 fully saturated rings. The van der Waals surface area contributed by atoms with Crippen molar-refractivity contribution in [3.05, 3.63) is 0 Å².